The topological polar surface area (TPSA) is 59.1 Å². The monoisotopic (exact) mass is 382 g/mol. The summed E-state index contributed by atoms with van der Waals surface area (Å²) >= 11 is 0. The lowest BCUT2D eigenvalue weighted by Crippen LogP contribution is -2.09. The van der Waals surface area contributed by atoms with Gasteiger partial charge in [0.25, 0.3) is 0 Å². The first-order valence-electron chi connectivity index (χ1n) is 9.56. The Morgan fingerprint density at radius 2 is 1.66 bits per heavy atom. The first kappa shape index (κ1) is 17.4. The Morgan fingerprint density at radius 3 is 2.45 bits per heavy atom. The van der Waals surface area contributed by atoms with E-state index in [9.17, 15) is 9.50 Å². The van der Waals surface area contributed by atoms with Gasteiger partial charge in [0.1, 0.15) is 11.6 Å². The highest BCUT2D eigenvalue weighted by atomic mass is 19.1. The first-order chi connectivity index (χ1) is 14.1. The Labute approximate surface area is 168 Å². The molecule has 5 rings (SSSR count). The summed E-state index contributed by atoms with van der Waals surface area (Å²) in [5.41, 5.74) is 14.5. The summed E-state index contributed by atoms with van der Waals surface area (Å²) in [7, 11) is 0. The molecule has 3 aromatic carbocycles. The van der Waals surface area contributed by atoms with E-state index in [2.05, 4.69) is 0 Å². The Morgan fingerprint density at radius 1 is 0.828 bits per heavy atom. The maximum atomic E-state index is 14.0. The minimum absolute atomic E-state index is 0.206. The van der Waals surface area contributed by atoms with Crippen molar-refractivity contribution in [3.05, 3.63) is 89.7 Å². The number of hydrogen-bond acceptors (Lipinski definition) is 3. The van der Waals surface area contributed by atoms with Gasteiger partial charge in [-0.05, 0) is 89.7 Å². The number of nitrogens with zero attached hydrogens (tertiary/aromatic N) is 1. The largest absolute Gasteiger partial charge is 0.508 e. The molecule has 0 amide bonds. The predicted octanol–water partition coefficient (Wildman–Crippen LogP) is 5.61. The molecule has 1 heterocycles. The van der Waals surface area contributed by atoms with Crippen LogP contribution in [0.5, 0.6) is 5.75 Å². The molecule has 0 saturated carbocycles. The Kier molecular flexibility index (Phi) is 4.06. The van der Waals surface area contributed by atoms with Gasteiger partial charge in [-0.2, -0.15) is 0 Å². The third-order valence-corrected chi connectivity index (χ3v) is 5.45. The standard InChI is InChI=1S/C25H19FN2O/c26-18-3-1-2-16(12-18)23-14-24(15-4-8-20(29)9-5-15)28-25-21-11-7-19(27)13-17(21)6-10-22(23)25/h1-5,7-9,11-14,29H,6,10,27H2. The number of benzene rings is 3. The summed E-state index contributed by atoms with van der Waals surface area (Å²) in [5, 5.41) is 9.64. The molecule has 1 aromatic heterocycles. The molecule has 0 atom stereocenters. The average Bonchev–Trinajstić information content (AvgIpc) is 2.73. The van der Waals surface area contributed by atoms with Gasteiger partial charge in [-0.25, -0.2) is 9.37 Å². The lowest BCUT2D eigenvalue weighted by Gasteiger charge is -2.23. The zero-order valence-corrected chi connectivity index (χ0v) is 15.7. The van der Waals surface area contributed by atoms with Gasteiger partial charge in [-0.3, -0.25) is 0 Å². The number of aromatic hydroxyl groups is 1. The van der Waals surface area contributed by atoms with Crippen LogP contribution in [0, 0.1) is 5.82 Å². The van der Waals surface area contributed by atoms with Crippen molar-refractivity contribution in [3.8, 4) is 39.4 Å². The zero-order valence-electron chi connectivity index (χ0n) is 15.7. The lowest BCUT2D eigenvalue weighted by atomic mass is 9.84. The number of aryl methyl sites for hydroxylation is 1. The Balaban J connectivity index is 1.79. The number of halogens is 1. The molecule has 29 heavy (non-hydrogen) atoms. The third kappa shape index (κ3) is 3.13. The van der Waals surface area contributed by atoms with Gasteiger partial charge < -0.3 is 10.8 Å². The number of phenolic OH excluding ortho intramolecular Hbond substituents is 1. The number of rotatable bonds is 2. The van der Waals surface area contributed by atoms with Crippen LogP contribution in [-0.2, 0) is 12.8 Å². The average molecular weight is 382 g/mol. The summed E-state index contributed by atoms with van der Waals surface area (Å²) in [4.78, 5) is 4.98. The van der Waals surface area contributed by atoms with Crippen LogP contribution in [0.15, 0.2) is 72.8 Å². The van der Waals surface area contributed by atoms with Crippen molar-refractivity contribution in [2.75, 3.05) is 5.73 Å². The summed E-state index contributed by atoms with van der Waals surface area (Å²) in [6, 6.07) is 21.6. The molecule has 4 heteroatoms. The van der Waals surface area contributed by atoms with Crippen LogP contribution in [0.2, 0.25) is 0 Å². The van der Waals surface area contributed by atoms with Crippen molar-refractivity contribution in [3.63, 3.8) is 0 Å². The second-order valence-corrected chi connectivity index (χ2v) is 7.36. The summed E-state index contributed by atoms with van der Waals surface area (Å²) < 4.78 is 14.0. The molecule has 1 aliphatic rings. The lowest BCUT2D eigenvalue weighted by molar-refractivity contribution is 0.475. The Hall–Kier alpha value is -3.66. The van der Waals surface area contributed by atoms with Crippen LogP contribution in [0.4, 0.5) is 10.1 Å². The van der Waals surface area contributed by atoms with E-state index < -0.39 is 0 Å². The second kappa shape index (κ2) is 6.74. The van der Waals surface area contributed by atoms with E-state index in [0.29, 0.717) is 0 Å². The van der Waals surface area contributed by atoms with E-state index in [0.717, 1.165) is 57.7 Å². The first-order valence-corrected chi connectivity index (χ1v) is 9.56. The highest BCUT2D eigenvalue weighted by Crippen LogP contribution is 2.40. The normalized spacial score (nSPS) is 12.3. The van der Waals surface area contributed by atoms with Crippen molar-refractivity contribution in [1.82, 2.24) is 4.98 Å². The van der Waals surface area contributed by atoms with Crippen LogP contribution in [0.1, 0.15) is 11.1 Å². The molecule has 1 aliphatic carbocycles. The summed E-state index contributed by atoms with van der Waals surface area (Å²) in [5.74, 6) is -0.0545. The van der Waals surface area contributed by atoms with Crippen LogP contribution >= 0.6 is 0 Å². The molecule has 0 fully saturated rings. The molecular formula is C25H19FN2O. The molecule has 142 valence electrons. The van der Waals surface area contributed by atoms with Crippen LogP contribution in [0.3, 0.4) is 0 Å². The second-order valence-electron chi connectivity index (χ2n) is 7.36. The minimum atomic E-state index is -0.261. The fourth-order valence-electron chi connectivity index (χ4n) is 4.05. The molecule has 0 saturated heterocycles. The molecule has 0 aliphatic heterocycles. The van der Waals surface area contributed by atoms with Gasteiger partial charge >= 0.3 is 0 Å². The molecular weight excluding hydrogens is 363 g/mol. The van der Waals surface area contributed by atoms with E-state index in [1.807, 2.05) is 42.5 Å². The van der Waals surface area contributed by atoms with Crippen LogP contribution < -0.4 is 5.73 Å². The molecule has 3 N–H and O–H groups in total. The zero-order chi connectivity index (χ0) is 20.0. The quantitative estimate of drug-likeness (QED) is 0.443. The fraction of sp³-hybridized carbons (Fsp3) is 0.0800. The smallest absolute Gasteiger partial charge is 0.123 e. The Bertz CT molecular complexity index is 1230. The number of pyridine rings is 1. The van der Waals surface area contributed by atoms with Gasteiger partial charge in [0.15, 0.2) is 0 Å². The number of nitrogen functional groups attached to an aromatic ring is 1. The van der Waals surface area contributed by atoms with Crippen molar-refractivity contribution in [1.29, 1.82) is 0 Å². The van der Waals surface area contributed by atoms with Gasteiger partial charge in [-0.1, -0.05) is 18.2 Å². The molecule has 0 bridgehead atoms. The van der Waals surface area contributed by atoms with Crippen LogP contribution in [0.25, 0.3) is 33.6 Å². The molecule has 0 radical (unpaired) electrons. The van der Waals surface area contributed by atoms with E-state index in [1.165, 1.54) is 11.6 Å². The molecule has 0 spiro atoms. The number of aromatic nitrogens is 1. The third-order valence-electron chi connectivity index (χ3n) is 5.45. The summed E-state index contributed by atoms with van der Waals surface area (Å²) in [6.45, 7) is 0. The maximum Gasteiger partial charge on any atom is 0.123 e. The van der Waals surface area contributed by atoms with Gasteiger partial charge in [0, 0.05) is 16.8 Å². The van der Waals surface area contributed by atoms with Gasteiger partial charge in [-0.15, -0.1) is 0 Å². The fourth-order valence-corrected chi connectivity index (χ4v) is 4.05. The maximum absolute atomic E-state index is 14.0. The van der Waals surface area contributed by atoms with Crippen LogP contribution in [-0.4, -0.2) is 10.1 Å². The number of anilines is 1. The molecule has 4 aromatic rings. The minimum Gasteiger partial charge on any atom is -0.508 e. The SMILES string of the molecule is Nc1ccc2c(c1)CCc1c(-c3cccc(F)c3)cc(-c3ccc(O)cc3)nc1-2. The number of nitrogens with two attached hydrogens (primary N) is 1. The van der Waals surface area contributed by atoms with E-state index in [4.69, 9.17) is 10.7 Å². The number of phenols is 1. The number of hydrogen-bond donors (Lipinski definition) is 2. The van der Waals surface area contributed by atoms with Gasteiger partial charge in [0.2, 0.25) is 0 Å². The molecule has 0 unspecified atom stereocenters. The van der Waals surface area contributed by atoms with Gasteiger partial charge in [0.05, 0.1) is 11.4 Å². The van der Waals surface area contributed by atoms with E-state index in [1.54, 1.807) is 24.3 Å². The van der Waals surface area contributed by atoms with Crippen molar-refractivity contribution in [2.45, 2.75) is 12.8 Å². The highest BCUT2D eigenvalue weighted by Gasteiger charge is 2.23. The van der Waals surface area contributed by atoms with E-state index in [-0.39, 0.29) is 11.6 Å². The summed E-state index contributed by atoms with van der Waals surface area (Å²) in [6.07, 6.45) is 1.69. The van der Waals surface area contributed by atoms with Crippen molar-refractivity contribution in [2.24, 2.45) is 0 Å². The highest BCUT2D eigenvalue weighted by molar-refractivity contribution is 5.83. The van der Waals surface area contributed by atoms with E-state index >= 15 is 0 Å². The predicted molar refractivity (Wildman–Crippen MR) is 114 cm³/mol. The van der Waals surface area contributed by atoms with Crippen molar-refractivity contribution < 1.29 is 9.50 Å². The molecule has 3 nitrogen and oxygen atoms in total. The van der Waals surface area contributed by atoms with Crippen molar-refractivity contribution >= 4 is 5.69 Å². The number of fused-ring (bicyclic) bond motifs is 3.